The number of allylic oxidation sites excluding steroid dienone is 2. The number of Topliss-reactive ketones (excluding diaryl/α,β-unsaturated/α-hetero) is 1. The van der Waals surface area contributed by atoms with Crippen molar-refractivity contribution in [2.75, 3.05) is 19.5 Å². The Morgan fingerprint density at radius 3 is 2.50 bits per heavy atom. The third-order valence-corrected chi connectivity index (χ3v) is 6.11. The number of carbonyl (C=O) groups is 1. The minimum Gasteiger partial charge on any atom is -0.497 e. The van der Waals surface area contributed by atoms with E-state index in [1.807, 2.05) is 53.2 Å². The molecule has 0 radical (unpaired) electrons. The summed E-state index contributed by atoms with van der Waals surface area (Å²) in [5.74, 6) is 2.83. The summed E-state index contributed by atoms with van der Waals surface area (Å²) in [5.41, 5.74) is 3.31. The van der Waals surface area contributed by atoms with Crippen molar-refractivity contribution >= 4 is 11.7 Å². The number of rotatable bonds is 4. The van der Waals surface area contributed by atoms with Crippen LogP contribution in [0.4, 0.5) is 5.95 Å². The van der Waals surface area contributed by atoms with Crippen molar-refractivity contribution in [3.05, 3.63) is 65.4 Å². The van der Waals surface area contributed by atoms with E-state index in [0.717, 1.165) is 40.3 Å². The first-order valence-corrected chi connectivity index (χ1v) is 10.7. The molecule has 0 spiro atoms. The Labute approximate surface area is 187 Å². The van der Waals surface area contributed by atoms with Crippen molar-refractivity contribution in [1.29, 1.82) is 0 Å². The third kappa shape index (κ3) is 3.34. The summed E-state index contributed by atoms with van der Waals surface area (Å²) in [6.07, 6.45) is 1.26. The molecule has 0 saturated heterocycles. The Kier molecular flexibility index (Phi) is 4.77. The average molecular weight is 431 g/mol. The second kappa shape index (κ2) is 7.51. The number of nitrogens with zero attached hydrogens (tertiary/aromatic N) is 3. The molecule has 0 saturated carbocycles. The molecule has 1 aliphatic heterocycles. The first kappa shape index (κ1) is 20.3. The van der Waals surface area contributed by atoms with E-state index < -0.39 is 6.04 Å². The highest BCUT2D eigenvalue weighted by Gasteiger charge is 2.42. The van der Waals surface area contributed by atoms with Crippen LogP contribution in [-0.2, 0) is 4.79 Å². The van der Waals surface area contributed by atoms with Crippen LogP contribution in [0.5, 0.6) is 11.5 Å². The minimum atomic E-state index is -0.402. The lowest BCUT2D eigenvalue weighted by molar-refractivity contribution is -0.118. The second-order valence-electron chi connectivity index (χ2n) is 9.03. The van der Waals surface area contributed by atoms with Gasteiger partial charge in [0.2, 0.25) is 5.95 Å². The Morgan fingerprint density at radius 1 is 1.03 bits per heavy atom. The molecule has 0 bridgehead atoms. The number of fused-ring (bicyclic) bond motifs is 1. The van der Waals surface area contributed by atoms with Gasteiger partial charge in [-0.05, 0) is 42.2 Å². The molecule has 1 aromatic heterocycles. The minimum absolute atomic E-state index is 0.116. The molecule has 2 aromatic carbocycles. The van der Waals surface area contributed by atoms with Crippen molar-refractivity contribution in [3.63, 3.8) is 0 Å². The number of benzene rings is 2. The predicted octanol–water partition coefficient (Wildman–Crippen LogP) is 4.62. The second-order valence-corrected chi connectivity index (χ2v) is 9.03. The number of methoxy groups -OCH3 is 2. The Balaban J connectivity index is 1.68. The predicted molar refractivity (Wildman–Crippen MR) is 122 cm³/mol. The first-order valence-electron chi connectivity index (χ1n) is 10.7. The van der Waals surface area contributed by atoms with Crippen LogP contribution >= 0.6 is 0 Å². The molecule has 164 valence electrons. The molecule has 2 heterocycles. The monoisotopic (exact) mass is 430 g/mol. The number of nitrogens with one attached hydrogen (secondary N) is 1. The lowest BCUT2D eigenvalue weighted by Gasteiger charge is -2.38. The summed E-state index contributed by atoms with van der Waals surface area (Å²) < 4.78 is 12.7. The zero-order valence-electron chi connectivity index (χ0n) is 18.7. The van der Waals surface area contributed by atoms with E-state index in [0.29, 0.717) is 18.2 Å². The van der Waals surface area contributed by atoms with E-state index in [9.17, 15) is 4.79 Å². The highest BCUT2D eigenvalue weighted by atomic mass is 16.5. The number of ketones is 1. The smallest absolute Gasteiger partial charge is 0.226 e. The third-order valence-electron chi connectivity index (χ3n) is 6.11. The van der Waals surface area contributed by atoms with E-state index in [1.54, 1.807) is 14.2 Å². The molecule has 2 aliphatic rings. The average Bonchev–Trinajstić information content (AvgIpc) is 3.20. The largest absolute Gasteiger partial charge is 0.497 e. The number of para-hydroxylation sites is 1. The van der Waals surface area contributed by atoms with E-state index in [1.165, 1.54) is 0 Å². The maximum atomic E-state index is 13.4. The molecule has 5 rings (SSSR count). The number of anilines is 1. The van der Waals surface area contributed by atoms with Crippen LogP contribution in [0.3, 0.4) is 0 Å². The molecule has 1 N–H and O–H groups in total. The van der Waals surface area contributed by atoms with E-state index >= 15 is 0 Å². The quantitative estimate of drug-likeness (QED) is 0.651. The molecular weight excluding hydrogens is 404 g/mol. The van der Waals surface area contributed by atoms with Gasteiger partial charge in [0.25, 0.3) is 0 Å². The summed E-state index contributed by atoms with van der Waals surface area (Å²) in [6.45, 7) is 4.24. The Bertz CT molecular complexity index is 1220. The van der Waals surface area contributed by atoms with E-state index in [-0.39, 0.29) is 11.2 Å². The number of hydrogen-bond donors (Lipinski definition) is 1. The molecular formula is C25H26N4O3. The maximum absolute atomic E-state index is 13.4. The SMILES string of the molecule is COc1ccc(-c2nc3n(n2)C(c2ccccc2OC)C2=C(CC(C)(C)CC2=O)N3)cc1. The topological polar surface area (TPSA) is 78.3 Å². The lowest BCUT2D eigenvalue weighted by atomic mass is 9.73. The summed E-state index contributed by atoms with van der Waals surface area (Å²) in [7, 11) is 3.28. The van der Waals surface area contributed by atoms with Gasteiger partial charge in [-0.15, -0.1) is 5.10 Å². The molecule has 0 amide bonds. The molecule has 1 atom stereocenters. The molecule has 32 heavy (non-hydrogen) atoms. The fourth-order valence-electron chi connectivity index (χ4n) is 4.65. The van der Waals surface area contributed by atoms with Crippen molar-refractivity contribution in [1.82, 2.24) is 14.8 Å². The lowest BCUT2D eigenvalue weighted by Crippen LogP contribution is -2.36. The van der Waals surface area contributed by atoms with Crippen molar-refractivity contribution < 1.29 is 14.3 Å². The van der Waals surface area contributed by atoms with Crippen LogP contribution in [0.15, 0.2) is 59.8 Å². The van der Waals surface area contributed by atoms with Crippen molar-refractivity contribution in [2.24, 2.45) is 5.41 Å². The summed E-state index contributed by atoms with van der Waals surface area (Å²) >= 11 is 0. The summed E-state index contributed by atoms with van der Waals surface area (Å²) in [6, 6.07) is 15.0. The van der Waals surface area contributed by atoms with E-state index in [4.69, 9.17) is 19.6 Å². The van der Waals surface area contributed by atoms with E-state index in [2.05, 4.69) is 19.2 Å². The van der Waals surface area contributed by atoms with Crippen LogP contribution in [-0.4, -0.2) is 34.8 Å². The van der Waals surface area contributed by atoms with Crippen LogP contribution in [0.1, 0.15) is 38.3 Å². The number of aromatic nitrogens is 3. The number of ether oxygens (including phenoxy) is 2. The van der Waals surface area contributed by atoms with Gasteiger partial charge in [0.1, 0.15) is 17.5 Å². The molecule has 7 nitrogen and oxygen atoms in total. The highest BCUT2D eigenvalue weighted by Crippen LogP contribution is 2.47. The van der Waals surface area contributed by atoms with Gasteiger partial charge < -0.3 is 14.8 Å². The van der Waals surface area contributed by atoms with Gasteiger partial charge in [0.15, 0.2) is 11.6 Å². The van der Waals surface area contributed by atoms with Gasteiger partial charge in [-0.25, -0.2) is 4.68 Å². The van der Waals surface area contributed by atoms with Gasteiger partial charge in [-0.2, -0.15) is 4.98 Å². The number of carbonyl (C=O) groups excluding carboxylic acids is 1. The molecule has 1 unspecified atom stereocenters. The van der Waals surface area contributed by atoms with Crippen LogP contribution in [0, 0.1) is 5.41 Å². The number of hydrogen-bond acceptors (Lipinski definition) is 6. The molecule has 7 heteroatoms. The first-order chi connectivity index (χ1) is 15.4. The van der Waals surface area contributed by atoms with Crippen LogP contribution in [0.2, 0.25) is 0 Å². The standard InChI is InChI=1S/C25H26N4O3/c1-25(2)13-18-21(19(30)14-25)22(17-7-5-6-8-20(17)32-4)29-24(26-18)27-23(28-29)15-9-11-16(31-3)12-10-15/h5-12,22H,13-14H2,1-4H3,(H,26,27,28). The van der Waals surface area contributed by atoms with Crippen LogP contribution in [0.25, 0.3) is 11.4 Å². The van der Waals surface area contributed by atoms with Gasteiger partial charge in [0, 0.05) is 28.8 Å². The fourth-order valence-corrected chi connectivity index (χ4v) is 4.65. The zero-order chi connectivity index (χ0) is 22.5. The normalized spacial score (nSPS) is 19.1. The Morgan fingerprint density at radius 2 is 1.78 bits per heavy atom. The fraction of sp³-hybridized carbons (Fsp3) is 0.320. The van der Waals surface area contributed by atoms with Gasteiger partial charge in [-0.1, -0.05) is 32.0 Å². The molecule has 3 aromatic rings. The summed E-state index contributed by atoms with van der Waals surface area (Å²) in [5, 5.41) is 8.25. The van der Waals surface area contributed by atoms with Gasteiger partial charge >= 0.3 is 0 Å². The highest BCUT2D eigenvalue weighted by molar-refractivity contribution is 6.00. The zero-order valence-corrected chi connectivity index (χ0v) is 18.7. The van der Waals surface area contributed by atoms with Gasteiger partial charge in [0.05, 0.1) is 14.2 Å². The maximum Gasteiger partial charge on any atom is 0.226 e. The summed E-state index contributed by atoms with van der Waals surface area (Å²) in [4.78, 5) is 18.2. The van der Waals surface area contributed by atoms with Crippen molar-refractivity contribution in [2.45, 2.75) is 32.7 Å². The Hall–Kier alpha value is -3.61. The van der Waals surface area contributed by atoms with Crippen molar-refractivity contribution in [3.8, 4) is 22.9 Å². The van der Waals surface area contributed by atoms with Gasteiger partial charge in [-0.3, -0.25) is 4.79 Å². The van der Waals surface area contributed by atoms with Crippen LogP contribution < -0.4 is 14.8 Å². The molecule has 1 aliphatic carbocycles. The molecule has 0 fully saturated rings.